The molecule has 0 spiro atoms. The Balaban J connectivity index is 3.25. The third kappa shape index (κ3) is 2.76. The lowest BCUT2D eigenvalue weighted by Gasteiger charge is -2.20. The highest BCUT2D eigenvalue weighted by Gasteiger charge is 2.13. The molecule has 0 bridgehead atoms. The van der Waals surface area contributed by atoms with E-state index >= 15 is 0 Å². The molecule has 1 aromatic carbocycles. The molecule has 0 atom stereocenters. The topological polar surface area (TPSA) is 3.24 Å². The Hall–Kier alpha value is -1.57. The second-order valence-electron chi connectivity index (χ2n) is 4.58. The number of benzene rings is 1. The third-order valence-electron chi connectivity index (χ3n) is 2.98. The molecule has 17 heavy (non-hydrogen) atoms. The molecule has 0 aliphatic heterocycles. The molecular weight excluding hydrogens is 213 g/mol. The van der Waals surface area contributed by atoms with Crippen molar-refractivity contribution in [1.29, 1.82) is 0 Å². The van der Waals surface area contributed by atoms with Crippen molar-refractivity contribution in [3.63, 3.8) is 0 Å². The van der Waals surface area contributed by atoms with Gasteiger partial charge in [0.2, 0.25) is 0 Å². The minimum atomic E-state index is -0.167. The Kier molecular flexibility index (Phi) is 4.11. The van der Waals surface area contributed by atoms with Gasteiger partial charge in [-0.05, 0) is 36.2 Å². The summed E-state index contributed by atoms with van der Waals surface area (Å²) in [5, 5.41) is 0. The van der Waals surface area contributed by atoms with Crippen molar-refractivity contribution < 1.29 is 4.39 Å². The van der Waals surface area contributed by atoms with Crippen molar-refractivity contribution in [2.24, 2.45) is 0 Å². The highest BCUT2D eigenvalue weighted by molar-refractivity contribution is 5.66. The van der Waals surface area contributed by atoms with E-state index in [-0.39, 0.29) is 11.7 Å². The molecule has 0 aliphatic rings. The Bertz CT molecular complexity index is 446. The Labute approximate surface area is 103 Å². The van der Waals surface area contributed by atoms with Crippen LogP contribution < -0.4 is 0 Å². The summed E-state index contributed by atoms with van der Waals surface area (Å²) in [6, 6.07) is 3.46. The minimum Gasteiger partial charge on any atom is -0.352 e. The van der Waals surface area contributed by atoms with Crippen LogP contribution in [0.3, 0.4) is 0 Å². The van der Waals surface area contributed by atoms with Gasteiger partial charge < -0.3 is 4.90 Å². The van der Waals surface area contributed by atoms with Crippen LogP contribution in [0.1, 0.15) is 36.5 Å². The van der Waals surface area contributed by atoms with E-state index in [4.69, 9.17) is 0 Å². The van der Waals surface area contributed by atoms with Gasteiger partial charge in [-0.1, -0.05) is 33.1 Å². The van der Waals surface area contributed by atoms with Crippen LogP contribution in [0.25, 0.3) is 5.70 Å². The fourth-order valence-electron chi connectivity index (χ4n) is 1.76. The quantitative estimate of drug-likeness (QED) is 0.749. The van der Waals surface area contributed by atoms with Gasteiger partial charge in [-0.15, -0.1) is 0 Å². The van der Waals surface area contributed by atoms with Crippen LogP contribution in [0.2, 0.25) is 0 Å². The van der Waals surface area contributed by atoms with Crippen molar-refractivity contribution >= 4 is 5.70 Å². The van der Waals surface area contributed by atoms with E-state index in [0.29, 0.717) is 0 Å². The van der Waals surface area contributed by atoms with E-state index in [1.165, 1.54) is 0 Å². The zero-order chi connectivity index (χ0) is 13.2. The van der Waals surface area contributed by atoms with Crippen LogP contribution in [0.15, 0.2) is 31.5 Å². The van der Waals surface area contributed by atoms with Gasteiger partial charge in [0, 0.05) is 18.3 Å². The summed E-state index contributed by atoms with van der Waals surface area (Å²) in [5.41, 5.74) is 3.37. The largest absolute Gasteiger partial charge is 0.352 e. The van der Waals surface area contributed by atoms with Crippen molar-refractivity contribution in [3.8, 4) is 0 Å². The zero-order valence-corrected chi connectivity index (χ0v) is 11.0. The molecule has 0 saturated carbocycles. The van der Waals surface area contributed by atoms with E-state index in [9.17, 15) is 4.39 Å². The molecule has 0 N–H and O–H groups in total. The van der Waals surface area contributed by atoms with E-state index in [1.54, 1.807) is 17.2 Å². The lowest BCUT2D eigenvalue weighted by molar-refractivity contribution is 0.594. The SMILES string of the molecule is C=CN(C)C(=C)c1cc(F)c(C(C)C)cc1C. The lowest BCUT2D eigenvalue weighted by Crippen LogP contribution is -2.09. The Morgan fingerprint density at radius 1 is 1.41 bits per heavy atom. The first-order valence-electron chi connectivity index (χ1n) is 5.73. The lowest BCUT2D eigenvalue weighted by atomic mass is 9.96. The summed E-state index contributed by atoms with van der Waals surface area (Å²) in [7, 11) is 1.85. The summed E-state index contributed by atoms with van der Waals surface area (Å²) in [6.07, 6.45) is 1.66. The highest BCUT2D eigenvalue weighted by Crippen LogP contribution is 2.27. The number of halogens is 1. The maximum atomic E-state index is 13.9. The Morgan fingerprint density at radius 2 is 2.00 bits per heavy atom. The molecule has 0 fully saturated rings. The Morgan fingerprint density at radius 3 is 2.47 bits per heavy atom. The van der Waals surface area contributed by atoms with Crippen molar-refractivity contribution in [2.45, 2.75) is 26.7 Å². The number of rotatable bonds is 4. The van der Waals surface area contributed by atoms with Gasteiger partial charge in [-0.3, -0.25) is 0 Å². The van der Waals surface area contributed by atoms with Crippen molar-refractivity contribution in [2.75, 3.05) is 7.05 Å². The predicted octanol–water partition coefficient (Wildman–Crippen LogP) is 4.30. The molecule has 2 heteroatoms. The first kappa shape index (κ1) is 13.5. The molecule has 1 rings (SSSR count). The van der Waals surface area contributed by atoms with Crippen LogP contribution in [0, 0.1) is 12.7 Å². The number of hydrogen-bond donors (Lipinski definition) is 0. The summed E-state index contributed by atoms with van der Waals surface area (Å²) >= 11 is 0. The van der Waals surface area contributed by atoms with Crippen molar-refractivity contribution in [3.05, 3.63) is 54.0 Å². The second-order valence-corrected chi connectivity index (χ2v) is 4.58. The van der Waals surface area contributed by atoms with Gasteiger partial charge in [-0.2, -0.15) is 0 Å². The molecule has 0 heterocycles. The molecular formula is C15H20FN. The van der Waals surface area contributed by atoms with Crippen molar-refractivity contribution in [1.82, 2.24) is 4.90 Å². The van der Waals surface area contributed by atoms with Gasteiger partial charge in [0.15, 0.2) is 0 Å². The molecule has 92 valence electrons. The molecule has 0 amide bonds. The minimum absolute atomic E-state index is 0.167. The summed E-state index contributed by atoms with van der Waals surface area (Å²) < 4.78 is 13.9. The van der Waals surface area contributed by atoms with Gasteiger partial charge in [-0.25, -0.2) is 4.39 Å². The highest BCUT2D eigenvalue weighted by atomic mass is 19.1. The monoisotopic (exact) mass is 233 g/mol. The van der Waals surface area contributed by atoms with Crippen LogP contribution in [0.5, 0.6) is 0 Å². The van der Waals surface area contributed by atoms with Gasteiger partial charge in [0.05, 0.1) is 0 Å². The van der Waals surface area contributed by atoms with Crippen LogP contribution in [0.4, 0.5) is 4.39 Å². The zero-order valence-electron chi connectivity index (χ0n) is 11.0. The summed E-state index contributed by atoms with van der Waals surface area (Å²) in [5.74, 6) is 0.0207. The van der Waals surface area contributed by atoms with Gasteiger partial charge >= 0.3 is 0 Å². The maximum Gasteiger partial charge on any atom is 0.127 e. The predicted molar refractivity (Wildman–Crippen MR) is 72.2 cm³/mol. The van der Waals surface area contributed by atoms with Crippen LogP contribution in [-0.2, 0) is 0 Å². The molecule has 1 nitrogen and oxygen atoms in total. The first-order chi connectivity index (χ1) is 7.88. The van der Waals surface area contributed by atoms with E-state index in [0.717, 1.165) is 22.4 Å². The normalized spacial score (nSPS) is 10.5. The van der Waals surface area contributed by atoms with Gasteiger partial charge in [0.25, 0.3) is 0 Å². The van der Waals surface area contributed by atoms with E-state index in [1.807, 2.05) is 33.9 Å². The average molecular weight is 233 g/mol. The molecule has 0 radical (unpaired) electrons. The van der Waals surface area contributed by atoms with Gasteiger partial charge in [0.1, 0.15) is 5.82 Å². The molecule has 0 saturated heterocycles. The number of hydrogen-bond acceptors (Lipinski definition) is 1. The average Bonchev–Trinajstić information content (AvgIpc) is 2.29. The molecule has 0 unspecified atom stereocenters. The summed E-state index contributed by atoms with van der Waals surface area (Å²) in [6.45, 7) is 13.6. The van der Waals surface area contributed by atoms with E-state index < -0.39 is 0 Å². The molecule has 0 aromatic heterocycles. The van der Waals surface area contributed by atoms with Crippen LogP contribution in [-0.4, -0.2) is 11.9 Å². The summed E-state index contributed by atoms with van der Waals surface area (Å²) in [4.78, 5) is 1.79. The second kappa shape index (κ2) is 5.17. The fourth-order valence-corrected chi connectivity index (χ4v) is 1.76. The number of nitrogens with zero attached hydrogens (tertiary/aromatic N) is 1. The first-order valence-corrected chi connectivity index (χ1v) is 5.73. The van der Waals surface area contributed by atoms with Crippen LogP contribution >= 0.6 is 0 Å². The third-order valence-corrected chi connectivity index (χ3v) is 2.98. The number of aryl methyl sites for hydroxylation is 1. The molecule has 0 aliphatic carbocycles. The maximum absolute atomic E-state index is 13.9. The standard InChI is InChI=1S/C15H20FN/c1-7-17(6)12(5)14-9-15(16)13(10(2)3)8-11(14)4/h7-10H,1,5H2,2-4,6H3. The molecule has 1 aromatic rings. The van der Waals surface area contributed by atoms with E-state index in [2.05, 4.69) is 13.2 Å². The smallest absolute Gasteiger partial charge is 0.127 e. The fraction of sp³-hybridized carbons (Fsp3) is 0.333.